The van der Waals surface area contributed by atoms with Crippen LogP contribution in [0, 0.1) is 17.7 Å². The first-order chi connectivity index (χ1) is 18.3. The number of halogens is 4. The predicted molar refractivity (Wildman–Crippen MR) is 133 cm³/mol. The molecule has 1 atom stereocenters. The number of ether oxygens (including phenoxy) is 1. The number of likely N-dealkylation sites (tertiary alicyclic amines) is 1. The quantitative estimate of drug-likeness (QED) is 0.330. The number of nitrogens with one attached hydrogen (secondary N) is 1. The van der Waals surface area contributed by atoms with Crippen LogP contribution >= 0.6 is 0 Å². The van der Waals surface area contributed by atoms with Crippen molar-refractivity contribution in [2.45, 2.75) is 76.1 Å². The van der Waals surface area contributed by atoms with E-state index in [0.717, 1.165) is 56.7 Å². The molecule has 1 saturated heterocycles. The van der Waals surface area contributed by atoms with E-state index in [1.165, 1.54) is 31.7 Å². The van der Waals surface area contributed by atoms with E-state index in [1.807, 2.05) is 12.1 Å². The molecule has 4 rings (SSSR count). The molecule has 2 aliphatic carbocycles. The zero-order chi connectivity index (χ0) is 29.2. The minimum atomic E-state index is -5.08. The van der Waals surface area contributed by atoms with Gasteiger partial charge in [0.15, 0.2) is 0 Å². The van der Waals surface area contributed by atoms with E-state index >= 15 is 0 Å². The number of nitrogens with zero attached hydrogens (tertiary/aromatic N) is 1. The Bertz CT molecular complexity index is 954. The van der Waals surface area contributed by atoms with Crippen molar-refractivity contribution in [2.24, 2.45) is 11.8 Å². The first kappa shape index (κ1) is 32.3. The zero-order valence-corrected chi connectivity index (χ0v) is 21.8. The van der Waals surface area contributed by atoms with Crippen molar-refractivity contribution >= 4 is 23.7 Å². The van der Waals surface area contributed by atoms with Crippen molar-refractivity contribution in [1.82, 2.24) is 4.90 Å². The fraction of sp³-hybridized carbons (Fsp3) is 0.654. The standard InChI is InChI=1S/C23H33FN2O2.C2HF3O2.CH2O3/c1-28-19-10-12-26(13-11-19)22(18-4-2-3-5-18)23(27)25-21-15-17(8-9-20(21)24)14-16-6-7-16;3-2(4,5)1(6)7;2-1(3)4/h8-9,15-16,18-19,22H,2-7,10-14H2,1H3,(H,25,27);(H,6,7);(H2,2,3,4). The summed E-state index contributed by atoms with van der Waals surface area (Å²) in [5.74, 6) is -2.02. The molecule has 1 heterocycles. The second kappa shape index (κ2) is 15.0. The van der Waals surface area contributed by atoms with Crippen LogP contribution in [0.3, 0.4) is 0 Å². The number of methoxy groups -OCH3 is 1. The van der Waals surface area contributed by atoms with E-state index in [9.17, 15) is 22.4 Å². The molecule has 0 radical (unpaired) electrons. The SMILES string of the molecule is COC1CCN(C(C(=O)Nc2cc(CC3CC3)ccc2F)C2CCCC2)CC1.O=C(O)C(F)(F)F.O=C(O)O. The van der Waals surface area contributed by atoms with Crippen LogP contribution in [-0.4, -0.2) is 76.8 Å². The van der Waals surface area contributed by atoms with Crippen LogP contribution in [0.2, 0.25) is 0 Å². The average molecular weight is 565 g/mol. The number of hydrogen-bond donors (Lipinski definition) is 4. The molecule has 220 valence electrons. The number of carbonyl (C=O) groups excluding carboxylic acids is 1. The van der Waals surface area contributed by atoms with E-state index in [0.29, 0.717) is 17.7 Å². The van der Waals surface area contributed by atoms with Crippen molar-refractivity contribution < 1.29 is 52.0 Å². The lowest BCUT2D eigenvalue weighted by atomic mass is 9.93. The lowest BCUT2D eigenvalue weighted by molar-refractivity contribution is -0.192. The molecule has 0 bridgehead atoms. The fourth-order valence-electron chi connectivity index (χ4n) is 5.00. The molecule has 39 heavy (non-hydrogen) atoms. The topological polar surface area (TPSA) is 136 Å². The van der Waals surface area contributed by atoms with Gasteiger partial charge < -0.3 is 25.4 Å². The van der Waals surface area contributed by atoms with Crippen molar-refractivity contribution in [2.75, 3.05) is 25.5 Å². The normalized spacial score (nSPS) is 19.2. The number of benzene rings is 1. The van der Waals surface area contributed by atoms with Crippen LogP contribution in [0.25, 0.3) is 0 Å². The maximum Gasteiger partial charge on any atom is 0.503 e. The largest absolute Gasteiger partial charge is 0.503 e. The summed E-state index contributed by atoms with van der Waals surface area (Å²) in [6.07, 6.45) is 3.36. The maximum absolute atomic E-state index is 14.4. The number of piperidine rings is 1. The van der Waals surface area contributed by atoms with Crippen LogP contribution in [0.5, 0.6) is 0 Å². The number of rotatable bonds is 7. The summed E-state index contributed by atoms with van der Waals surface area (Å²) in [6.45, 7) is 1.74. The Hall–Kier alpha value is -2.93. The number of alkyl halides is 3. The molecule has 9 nitrogen and oxygen atoms in total. The number of carboxylic acid groups (broad SMARTS) is 3. The van der Waals surface area contributed by atoms with E-state index in [1.54, 1.807) is 7.11 Å². The van der Waals surface area contributed by atoms with Gasteiger partial charge in [-0.25, -0.2) is 14.0 Å². The Balaban J connectivity index is 0.000000412. The van der Waals surface area contributed by atoms with Gasteiger partial charge in [0.1, 0.15) is 5.82 Å². The van der Waals surface area contributed by atoms with Crippen molar-refractivity contribution in [1.29, 1.82) is 0 Å². The van der Waals surface area contributed by atoms with Gasteiger partial charge in [0, 0.05) is 20.2 Å². The van der Waals surface area contributed by atoms with Crippen molar-refractivity contribution in [3.63, 3.8) is 0 Å². The minimum absolute atomic E-state index is 0.0368. The maximum atomic E-state index is 14.4. The van der Waals surface area contributed by atoms with Crippen LogP contribution in [0.1, 0.15) is 56.9 Å². The Kier molecular flexibility index (Phi) is 12.4. The molecule has 3 aliphatic rings. The van der Waals surface area contributed by atoms with Crippen LogP contribution in [-0.2, 0) is 20.7 Å². The van der Waals surface area contributed by atoms with E-state index in [-0.39, 0.29) is 17.8 Å². The summed E-state index contributed by atoms with van der Waals surface area (Å²) < 4.78 is 51.6. The second-order valence-corrected chi connectivity index (χ2v) is 10.00. The molecule has 13 heteroatoms. The highest BCUT2D eigenvalue weighted by Gasteiger charge is 2.38. The number of hydrogen-bond acceptors (Lipinski definition) is 5. The molecule has 2 saturated carbocycles. The van der Waals surface area contributed by atoms with E-state index in [4.69, 9.17) is 29.6 Å². The highest BCUT2D eigenvalue weighted by atomic mass is 19.4. The van der Waals surface area contributed by atoms with Gasteiger partial charge in [-0.3, -0.25) is 9.69 Å². The van der Waals surface area contributed by atoms with Gasteiger partial charge in [-0.05, 0) is 74.5 Å². The highest BCUT2D eigenvalue weighted by molar-refractivity contribution is 5.95. The lowest BCUT2D eigenvalue weighted by Crippen LogP contribution is -2.52. The van der Waals surface area contributed by atoms with Crippen molar-refractivity contribution in [3.8, 4) is 0 Å². The molecule has 1 unspecified atom stereocenters. The predicted octanol–water partition coefficient (Wildman–Crippen LogP) is 5.24. The van der Waals surface area contributed by atoms with Crippen LogP contribution in [0.15, 0.2) is 18.2 Å². The van der Waals surface area contributed by atoms with Gasteiger partial charge in [0.25, 0.3) is 0 Å². The first-order valence-electron chi connectivity index (χ1n) is 12.9. The van der Waals surface area contributed by atoms with Gasteiger partial charge in [-0.15, -0.1) is 0 Å². The summed E-state index contributed by atoms with van der Waals surface area (Å²) in [5.41, 5.74) is 1.47. The minimum Gasteiger partial charge on any atom is -0.475 e. The number of aliphatic carboxylic acids is 1. The Morgan fingerprint density at radius 3 is 2.03 bits per heavy atom. The number of carbonyl (C=O) groups is 3. The van der Waals surface area contributed by atoms with Gasteiger partial charge >= 0.3 is 18.3 Å². The van der Waals surface area contributed by atoms with Gasteiger partial charge in [0.05, 0.1) is 17.8 Å². The first-order valence-corrected chi connectivity index (χ1v) is 12.9. The Labute approximate surface area is 224 Å². The molecule has 1 amide bonds. The summed E-state index contributed by atoms with van der Waals surface area (Å²) in [7, 11) is 1.76. The van der Waals surface area contributed by atoms with Gasteiger partial charge in [-0.2, -0.15) is 13.2 Å². The molecule has 0 aromatic heterocycles. The van der Waals surface area contributed by atoms with E-state index < -0.39 is 18.3 Å². The Morgan fingerprint density at radius 2 is 1.56 bits per heavy atom. The second-order valence-electron chi connectivity index (χ2n) is 10.00. The van der Waals surface area contributed by atoms with Crippen molar-refractivity contribution in [3.05, 3.63) is 29.6 Å². The van der Waals surface area contributed by atoms with Crippen LogP contribution < -0.4 is 5.32 Å². The third kappa shape index (κ3) is 11.4. The third-order valence-electron chi connectivity index (χ3n) is 7.07. The van der Waals surface area contributed by atoms with E-state index in [2.05, 4.69) is 10.2 Å². The number of amides is 1. The van der Waals surface area contributed by atoms with Gasteiger partial charge in [-0.1, -0.05) is 18.9 Å². The molecule has 1 aromatic carbocycles. The monoisotopic (exact) mass is 564 g/mol. The Morgan fingerprint density at radius 1 is 1.03 bits per heavy atom. The third-order valence-corrected chi connectivity index (χ3v) is 7.07. The smallest absolute Gasteiger partial charge is 0.475 e. The molecule has 4 N–H and O–H groups in total. The molecule has 3 fully saturated rings. The summed E-state index contributed by atoms with van der Waals surface area (Å²) in [6, 6.07) is 5.04. The molecular weight excluding hydrogens is 528 g/mol. The van der Waals surface area contributed by atoms with Crippen LogP contribution in [0.4, 0.5) is 28.0 Å². The zero-order valence-electron chi connectivity index (χ0n) is 21.8. The summed E-state index contributed by atoms with van der Waals surface area (Å²) in [4.78, 5) is 33.1. The lowest BCUT2D eigenvalue weighted by Gasteiger charge is -2.39. The molecule has 0 spiro atoms. The highest BCUT2D eigenvalue weighted by Crippen LogP contribution is 2.35. The molecule has 1 aromatic rings. The van der Waals surface area contributed by atoms with Gasteiger partial charge in [0.2, 0.25) is 5.91 Å². The summed E-state index contributed by atoms with van der Waals surface area (Å²) in [5, 5.41) is 24.0. The number of carboxylic acids is 1. The average Bonchev–Trinajstić information content (AvgIpc) is 3.51. The molecular formula is C26H36F4N2O7. The molecule has 1 aliphatic heterocycles. The number of anilines is 1. The summed E-state index contributed by atoms with van der Waals surface area (Å²) >= 11 is 0. The fourth-order valence-corrected chi connectivity index (χ4v) is 5.00.